The van der Waals surface area contributed by atoms with Gasteiger partial charge in [0, 0.05) is 6.54 Å². The topological polar surface area (TPSA) is 3.24 Å². The lowest BCUT2D eigenvalue weighted by atomic mass is 10.2. The molecule has 1 rings (SSSR count). The Hall–Kier alpha value is -0.890. The van der Waals surface area contributed by atoms with Crippen LogP contribution in [0.15, 0.2) is 24.3 Å². The lowest BCUT2D eigenvalue weighted by molar-refractivity contribution is 0.280. The van der Waals surface area contributed by atoms with Crippen LogP contribution >= 0.6 is 0 Å². The van der Waals surface area contributed by atoms with Crippen LogP contribution in [0.5, 0.6) is 0 Å². The summed E-state index contributed by atoms with van der Waals surface area (Å²) < 4.78 is 12.6. The maximum Gasteiger partial charge on any atom is 0.123 e. The van der Waals surface area contributed by atoms with E-state index in [1.165, 1.54) is 17.7 Å². The Bertz CT molecular complexity index is 256. The average molecular weight is 195 g/mol. The molecule has 1 aromatic rings. The zero-order valence-corrected chi connectivity index (χ0v) is 8.96. The van der Waals surface area contributed by atoms with Crippen molar-refractivity contribution in [2.75, 3.05) is 13.1 Å². The molecule has 1 nitrogen and oxygen atoms in total. The Balaban J connectivity index is 2.53. The molecule has 0 aliphatic carbocycles. The van der Waals surface area contributed by atoms with Crippen molar-refractivity contribution < 1.29 is 4.39 Å². The van der Waals surface area contributed by atoms with E-state index in [1.807, 2.05) is 12.1 Å². The van der Waals surface area contributed by atoms with Gasteiger partial charge in [0.25, 0.3) is 0 Å². The number of rotatable bonds is 5. The number of benzene rings is 1. The third-order valence-corrected chi connectivity index (χ3v) is 2.31. The van der Waals surface area contributed by atoms with Crippen LogP contribution in [-0.2, 0) is 6.54 Å². The van der Waals surface area contributed by atoms with Gasteiger partial charge in [-0.1, -0.05) is 26.0 Å². The van der Waals surface area contributed by atoms with E-state index in [9.17, 15) is 4.39 Å². The van der Waals surface area contributed by atoms with Gasteiger partial charge in [0.05, 0.1) is 0 Å². The average Bonchev–Trinajstić information content (AvgIpc) is 2.20. The molecule has 78 valence electrons. The van der Waals surface area contributed by atoms with Gasteiger partial charge in [-0.05, 0) is 37.2 Å². The molecule has 0 unspecified atom stereocenters. The first-order chi connectivity index (χ1) is 6.76. The second-order valence-corrected chi connectivity index (χ2v) is 3.50. The fourth-order valence-electron chi connectivity index (χ4n) is 1.51. The molecule has 0 spiro atoms. The molecule has 0 saturated heterocycles. The molecule has 0 aliphatic heterocycles. The van der Waals surface area contributed by atoms with E-state index in [2.05, 4.69) is 18.7 Å². The van der Waals surface area contributed by atoms with E-state index in [1.54, 1.807) is 0 Å². The van der Waals surface area contributed by atoms with E-state index >= 15 is 0 Å². The van der Waals surface area contributed by atoms with E-state index in [0.29, 0.717) is 0 Å². The standard InChI is InChI=1S/C12H18FN/c1-3-9-14(4-2)10-11-5-7-12(13)8-6-11/h5-8H,3-4,9-10H2,1-2H3. The van der Waals surface area contributed by atoms with Crippen molar-refractivity contribution in [2.24, 2.45) is 0 Å². The summed E-state index contributed by atoms with van der Waals surface area (Å²) in [5.74, 6) is -0.160. The largest absolute Gasteiger partial charge is 0.299 e. The van der Waals surface area contributed by atoms with Gasteiger partial charge >= 0.3 is 0 Å². The van der Waals surface area contributed by atoms with Crippen LogP contribution in [0.3, 0.4) is 0 Å². The van der Waals surface area contributed by atoms with E-state index < -0.39 is 0 Å². The van der Waals surface area contributed by atoms with Crippen LogP contribution in [0.1, 0.15) is 25.8 Å². The predicted octanol–water partition coefficient (Wildman–Crippen LogP) is 3.06. The van der Waals surface area contributed by atoms with E-state index in [4.69, 9.17) is 0 Å². The smallest absolute Gasteiger partial charge is 0.123 e. The second kappa shape index (κ2) is 5.76. The lowest BCUT2D eigenvalue weighted by Gasteiger charge is -2.19. The Morgan fingerprint density at radius 2 is 1.79 bits per heavy atom. The molecule has 0 radical (unpaired) electrons. The van der Waals surface area contributed by atoms with Crippen LogP contribution in [-0.4, -0.2) is 18.0 Å². The van der Waals surface area contributed by atoms with Gasteiger partial charge in [-0.25, -0.2) is 4.39 Å². The molecule has 0 bridgehead atoms. The summed E-state index contributed by atoms with van der Waals surface area (Å²) >= 11 is 0. The summed E-state index contributed by atoms with van der Waals surface area (Å²) in [6.07, 6.45) is 1.16. The molecule has 0 saturated carbocycles. The zero-order chi connectivity index (χ0) is 10.4. The van der Waals surface area contributed by atoms with Crippen molar-refractivity contribution in [1.29, 1.82) is 0 Å². The molecule has 2 heteroatoms. The molecule has 0 aliphatic rings. The predicted molar refractivity (Wildman–Crippen MR) is 57.6 cm³/mol. The second-order valence-electron chi connectivity index (χ2n) is 3.50. The summed E-state index contributed by atoms with van der Waals surface area (Å²) in [6.45, 7) is 7.40. The molecule has 0 fully saturated rings. The first-order valence-electron chi connectivity index (χ1n) is 5.23. The first kappa shape index (κ1) is 11.2. The lowest BCUT2D eigenvalue weighted by Crippen LogP contribution is -2.23. The number of hydrogen-bond acceptors (Lipinski definition) is 1. The van der Waals surface area contributed by atoms with Gasteiger partial charge in [-0.3, -0.25) is 4.90 Å². The van der Waals surface area contributed by atoms with Crippen molar-refractivity contribution in [2.45, 2.75) is 26.8 Å². The van der Waals surface area contributed by atoms with Crippen molar-refractivity contribution in [1.82, 2.24) is 4.90 Å². The third kappa shape index (κ3) is 3.46. The number of halogens is 1. The highest BCUT2D eigenvalue weighted by Crippen LogP contribution is 2.06. The van der Waals surface area contributed by atoms with Crippen LogP contribution in [0.4, 0.5) is 4.39 Å². The van der Waals surface area contributed by atoms with Crippen molar-refractivity contribution in [3.63, 3.8) is 0 Å². The van der Waals surface area contributed by atoms with Crippen LogP contribution in [0.25, 0.3) is 0 Å². The molecule has 0 atom stereocenters. The van der Waals surface area contributed by atoms with E-state index in [0.717, 1.165) is 26.1 Å². The highest BCUT2D eigenvalue weighted by atomic mass is 19.1. The molecular weight excluding hydrogens is 177 g/mol. The molecule has 1 aromatic carbocycles. The van der Waals surface area contributed by atoms with Crippen LogP contribution in [0.2, 0.25) is 0 Å². The highest BCUT2D eigenvalue weighted by molar-refractivity contribution is 5.15. The van der Waals surface area contributed by atoms with Gasteiger partial charge < -0.3 is 0 Å². The monoisotopic (exact) mass is 195 g/mol. The van der Waals surface area contributed by atoms with Gasteiger partial charge in [0.1, 0.15) is 5.82 Å². The minimum Gasteiger partial charge on any atom is -0.299 e. The Morgan fingerprint density at radius 1 is 1.14 bits per heavy atom. The number of hydrogen-bond donors (Lipinski definition) is 0. The summed E-state index contributed by atoms with van der Waals surface area (Å²) in [5, 5.41) is 0. The quantitative estimate of drug-likeness (QED) is 0.698. The SMILES string of the molecule is CCCN(CC)Cc1ccc(F)cc1. The summed E-state index contributed by atoms with van der Waals surface area (Å²) in [5.41, 5.74) is 1.18. The Morgan fingerprint density at radius 3 is 2.29 bits per heavy atom. The molecule has 0 heterocycles. The fourth-order valence-corrected chi connectivity index (χ4v) is 1.51. The van der Waals surface area contributed by atoms with Gasteiger partial charge in [0.15, 0.2) is 0 Å². The molecule has 0 amide bonds. The van der Waals surface area contributed by atoms with Gasteiger partial charge in [0.2, 0.25) is 0 Å². The Labute approximate surface area is 85.5 Å². The summed E-state index contributed by atoms with van der Waals surface area (Å²) in [6, 6.07) is 6.76. The molecule has 0 aromatic heterocycles. The minimum atomic E-state index is -0.160. The van der Waals surface area contributed by atoms with Crippen molar-refractivity contribution in [3.8, 4) is 0 Å². The maximum atomic E-state index is 12.6. The third-order valence-electron chi connectivity index (χ3n) is 2.31. The first-order valence-corrected chi connectivity index (χ1v) is 5.23. The fraction of sp³-hybridized carbons (Fsp3) is 0.500. The van der Waals surface area contributed by atoms with Crippen molar-refractivity contribution in [3.05, 3.63) is 35.6 Å². The highest BCUT2D eigenvalue weighted by Gasteiger charge is 2.01. The molecular formula is C12H18FN. The van der Waals surface area contributed by atoms with Gasteiger partial charge in [-0.15, -0.1) is 0 Å². The summed E-state index contributed by atoms with van der Waals surface area (Å²) in [7, 11) is 0. The molecule has 14 heavy (non-hydrogen) atoms. The minimum absolute atomic E-state index is 0.160. The zero-order valence-electron chi connectivity index (χ0n) is 8.96. The van der Waals surface area contributed by atoms with Crippen molar-refractivity contribution >= 4 is 0 Å². The number of nitrogens with zero attached hydrogens (tertiary/aromatic N) is 1. The van der Waals surface area contributed by atoms with Crippen LogP contribution in [0, 0.1) is 5.82 Å². The summed E-state index contributed by atoms with van der Waals surface area (Å²) in [4.78, 5) is 2.35. The molecule has 0 N–H and O–H groups in total. The van der Waals surface area contributed by atoms with E-state index in [-0.39, 0.29) is 5.82 Å². The normalized spacial score (nSPS) is 10.9. The maximum absolute atomic E-state index is 12.6. The Kier molecular flexibility index (Phi) is 4.60. The van der Waals surface area contributed by atoms with Gasteiger partial charge in [-0.2, -0.15) is 0 Å². The van der Waals surface area contributed by atoms with Crippen LogP contribution < -0.4 is 0 Å².